The van der Waals surface area contributed by atoms with E-state index in [4.69, 9.17) is 0 Å². The minimum Gasteiger partial charge on any atom is -0.354 e. The van der Waals surface area contributed by atoms with Crippen LogP contribution in [0.25, 0.3) is 0 Å². The van der Waals surface area contributed by atoms with Crippen LogP contribution in [-0.4, -0.2) is 36.7 Å². The minimum atomic E-state index is -0.243. The summed E-state index contributed by atoms with van der Waals surface area (Å²) in [6.45, 7) is 3.70. The highest BCUT2D eigenvalue weighted by atomic mass is 32.2. The Morgan fingerprint density at radius 2 is 1.72 bits per heavy atom. The van der Waals surface area contributed by atoms with E-state index < -0.39 is 0 Å². The molecule has 134 valence electrons. The van der Waals surface area contributed by atoms with Gasteiger partial charge in [0.1, 0.15) is 5.82 Å². The summed E-state index contributed by atoms with van der Waals surface area (Å²) in [6, 6.07) is 14.9. The lowest BCUT2D eigenvalue weighted by Gasteiger charge is -2.16. The first kappa shape index (κ1) is 19.5. The zero-order valence-corrected chi connectivity index (χ0v) is 15.6. The highest BCUT2D eigenvalue weighted by molar-refractivity contribution is 7.98. The van der Waals surface area contributed by atoms with Crippen molar-refractivity contribution in [2.24, 2.45) is 0 Å². The molecule has 0 spiro atoms. The Bertz CT molecular complexity index is 658. The molecule has 0 heterocycles. The standard InChI is InChI=1S/C20H25FN2OS/c1-16-3-5-18(6-4-16)15-25-12-11-22-20(24)14-23(2)13-17-7-9-19(21)10-8-17/h3-10H,11-15H2,1-2H3,(H,22,24). The van der Waals surface area contributed by atoms with Gasteiger partial charge in [0.15, 0.2) is 0 Å². The molecule has 0 aliphatic heterocycles. The first-order chi connectivity index (χ1) is 12.0. The molecule has 2 aromatic carbocycles. The molecule has 2 rings (SSSR count). The van der Waals surface area contributed by atoms with Crippen molar-refractivity contribution in [2.45, 2.75) is 19.2 Å². The lowest BCUT2D eigenvalue weighted by molar-refractivity contribution is -0.121. The second kappa shape index (κ2) is 10.2. The second-order valence-electron chi connectivity index (χ2n) is 6.19. The number of likely N-dealkylation sites (N-methyl/N-ethyl adjacent to an activating group) is 1. The maximum atomic E-state index is 12.9. The van der Waals surface area contributed by atoms with Crippen LogP contribution in [0.15, 0.2) is 48.5 Å². The van der Waals surface area contributed by atoms with E-state index in [0.717, 1.165) is 17.1 Å². The average Bonchev–Trinajstić information content (AvgIpc) is 2.58. The van der Waals surface area contributed by atoms with Crippen LogP contribution < -0.4 is 5.32 Å². The van der Waals surface area contributed by atoms with Gasteiger partial charge < -0.3 is 5.32 Å². The number of benzene rings is 2. The van der Waals surface area contributed by atoms with Gasteiger partial charge in [-0.1, -0.05) is 42.0 Å². The topological polar surface area (TPSA) is 32.3 Å². The Labute approximate surface area is 153 Å². The van der Waals surface area contributed by atoms with Crippen LogP contribution in [0.1, 0.15) is 16.7 Å². The smallest absolute Gasteiger partial charge is 0.234 e. The van der Waals surface area contributed by atoms with Crippen LogP contribution in [0, 0.1) is 12.7 Å². The van der Waals surface area contributed by atoms with Gasteiger partial charge in [-0.25, -0.2) is 4.39 Å². The Kier molecular flexibility index (Phi) is 7.95. The molecule has 0 bridgehead atoms. The van der Waals surface area contributed by atoms with Crippen molar-refractivity contribution in [1.82, 2.24) is 10.2 Å². The molecule has 0 radical (unpaired) electrons. The number of hydrogen-bond acceptors (Lipinski definition) is 3. The molecule has 0 saturated carbocycles. The van der Waals surface area contributed by atoms with Gasteiger partial charge in [-0.2, -0.15) is 11.8 Å². The molecular formula is C20H25FN2OS. The van der Waals surface area contributed by atoms with Gasteiger partial charge in [0, 0.05) is 24.6 Å². The highest BCUT2D eigenvalue weighted by Gasteiger charge is 2.07. The molecule has 25 heavy (non-hydrogen) atoms. The van der Waals surface area contributed by atoms with Crippen LogP contribution in [-0.2, 0) is 17.1 Å². The monoisotopic (exact) mass is 360 g/mol. The number of thioether (sulfide) groups is 1. The molecule has 0 fully saturated rings. The Hall–Kier alpha value is -1.85. The van der Waals surface area contributed by atoms with E-state index >= 15 is 0 Å². The van der Waals surface area contributed by atoms with Gasteiger partial charge in [0.05, 0.1) is 6.54 Å². The quantitative estimate of drug-likeness (QED) is 0.693. The number of hydrogen-bond donors (Lipinski definition) is 1. The number of aryl methyl sites for hydroxylation is 1. The molecular weight excluding hydrogens is 335 g/mol. The Balaban J connectivity index is 1.58. The third kappa shape index (κ3) is 7.71. The van der Waals surface area contributed by atoms with Crippen LogP contribution in [0.5, 0.6) is 0 Å². The summed E-state index contributed by atoms with van der Waals surface area (Å²) in [5.74, 6) is 1.62. The zero-order valence-electron chi connectivity index (χ0n) is 14.8. The minimum absolute atomic E-state index is 0.0144. The number of carbonyl (C=O) groups excluding carboxylic acids is 1. The summed E-state index contributed by atoms with van der Waals surface area (Å²) in [5, 5.41) is 2.94. The van der Waals surface area contributed by atoms with E-state index in [1.54, 1.807) is 12.1 Å². The van der Waals surface area contributed by atoms with Gasteiger partial charge in [-0.05, 0) is 37.2 Å². The zero-order chi connectivity index (χ0) is 18.1. The number of carbonyl (C=O) groups is 1. The van der Waals surface area contributed by atoms with Crippen molar-refractivity contribution in [1.29, 1.82) is 0 Å². The van der Waals surface area contributed by atoms with Gasteiger partial charge in [0.25, 0.3) is 0 Å². The van der Waals surface area contributed by atoms with Crippen molar-refractivity contribution in [3.8, 4) is 0 Å². The third-order valence-electron chi connectivity index (χ3n) is 3.74. The van der Waals surface area contributed by atoms with E-state index in [1.165, 1.54) is 23.3 Å². The fourth-order valence-corrected chi connectivity index (χ4v) is 3.21. The predicted octanol–water partition coefficient (Wildman–Crippen LogP) is 3.62. The summed E-state index contributed by atoms with van der Waals surface area (Å²) in [5.41, 5.74) is 3.57. The predicted molar refractivity (Wildman–Crippen MR) is 103 cm³/mol. The van der Waals surface area contributed by atoms with Crippen LogP contribution in [0.4, 0.5) is 4.39 Å². The van der Waals surface area contributed by atoms with E-state index in [0.29, 0.717) is 19.6 Å². The van der Waals surface area contributed by atoms with Crippen molar-refractivity contribution in [3.63, 3.8) is 0 Å². The van der Waals surface area contributed by atoms with Gasteiger partial charge in [-0.15, -0.1) is 0 Å². The van der Waals surface area contributed by atoms with E-state index in [9.17, 15) is 9.18 Å². The van der Waals surface area contributed by atoms with Gasteiger partial charge in [0.2, 0.25) is 5.91 Å². The van der Waals surface area contributed by atoms with Crippen molar-refractivity contribution in [3.05, 3.63) is 71.0 Å². The molecule has 0 atom stereocenters. The lowest BCUT2D eigenvalue weighted by Crippen LogP contribution is -2.35. The number of nitrogens with one attached hydrogen (secondary N) is 1. The molecule has 1 N–H and O–H groups in total. The number of amides is 1. The number of halogens is 1. The van der Waals surface area contributed by atoms with Crippen LogP contribution in [0.3, 0.4) is 0 Å². The van der Waals surface area contributed by atoms with Crippen LogP contribution >= 0.6 is 11.8 Å². The first-order valence-corrected chi connectivity index (χ1v) is 9.51. The Morgan fingerprint density at radius 3 is 2.40 bits per heavy atom. The van der Waals surface area contributed by atoms with Crippen molar-refractivity contribution < 1.29 is 9.18 Å². The molecule has 0 aliphatic rings. The molecule has 5 heteroatoms. The van der Waals surface area contributed by atoms with E-state index in [-0.39, 0.29) is 11.7 Å². The average molecular weight is 360 g/mol. The van der Waals surface area contributed by atoms with E-state index in [2.05, 4.69) is 36.5 Å². The molecule has 2 aromatic rings. The maximum Gasteiger partial charge on any atom is 0.234 e. The van der Waals surface area contributed by atoms with E-state index in [1.807, 2.05) is 23.7 Å². The summed E-state index contributed by atoms with van der Waals surface area (Å²) >= 11 is 1.81. The summed E-state index contributed by atoms with van der Waals surface area (Å²) in [6.07, 6.45) is 0. The molecule has 0 unspecified atom stereocenters. The SMILES string of the molecule is Cc1ccc(CSCCNC(=O)CN(C)Cc2ccc(F)cc2)cc1. The highest BCUT2D eigenvalue weighted by Crippen LogP contribution is 2.12. The molecule has 1 amide bonds. The van der Waals surface area contributed by atoms with Crippen molar-refractivity contribution in [2.75, 3.05) is 25.9 Å². The first-order valence-electron chi connectivity index (χ1n) is 8.36. The molecule has 0 aromatic heterocycles. The summed E-state index contributed by atoms with van der Waals surface area (Å²) < 4.78 is 12.9. The van der Waals surface area contributed by atoms with Gasteiger partial charge >= 0.3 is 0 Å². The lowest BCUT2D eigenvalue weighted by atomic mass is 10.2. The fraction of sp³-hybridized carbons (Fsp3) is 0.350. The number of nitrogens with zero attached hydrogens (tertiary/aromatic N) is 1. The second-order valence-corrected chi connectivity index (χ2v) is 7.29. The maximum absolute atomic E-state index is 12.9. The largest absolute Gasteiger partial charge is 0.354 e. The summed E-state index contributed by atoms with van der Waals surface area (Å²) in [7, 11) is 1.88. The normalized spacial score (nSPS) is 10.9. The molecule has 0 saturated heterocycles. The molecule has 0 aliphatic carbocycles. The third-order valence-corrected chi connectivity index (χ3v) is 4.77. The Morgan fingerprint density at radius 1 is 1.08 bits per heavy atom. The van der Waals surface area contributed by atoms with Crippen molar-refractivity contribution >= 4 is 17.7 Å². The van der Waals surface area contributed by atoms with Crippen LogP contribution in [0.2, 0.25) is 0 Å². The van der Waals surface area contributed by atoms with Gasteiger partial charge in [-0.3, -0.25) is 9.69 Å². The molecule has 3 nitrogen and oxygen atoms in total. The number of rotatable bonds is 9. The summed E-state index contributed by atoms with van der Waals surface area (Å²) in [4.78, 5) is 13.9. The fourth-order valence-electron chi connectivity index (χ4n) is 2.40.